The zero-order valence-electron chi connectivity index (χ0n) is 14.3. The highest BCUT2D eigenvalue weighted by molar-refractivity contribution is 9.10. The number of cyclic esters (lactones) is 1. The van der Waals surface area contributed by atoms with Gasteiger partial charge in [-0.15, -0.1) is 0 Å². The van der Waals surface area contributed by atoms with Crippen molar-refractivity contribution in [2.24, 2.45) is 5.73 Å². The minimum absolute atomic E-state index is 0.000370. The van der Waals surface area contributed by atoms with Crippen LogP contribution in [-0.4, -0.2) is 24.5 Å². The lowest BCUT2D eigenvalue weighted by atomic mass is 9.67. The van der Waals surface area contributed by atoms with E-state index < -0.39 is 22.9 Å². The normalized spacial score (nSPS) is 25.9. The Bertz CT molecular complexity index is 1020. The van der Waals surface area contributed by atoms with Crippen molar-refractivity contribution in [3.63, 3.8) is 0 Å². The van der Waals surface area contributed by atoms with E-state index in [2.05, 4.69) is 21.2 Å². The largest absolute Gasteiger partial charge is 0.450 e. The Morgan fingerprint density at radius 3 is 2.69 bits per heavy atom. The van der Waals surface area contributed by atoms with Crippen LogP contribution in [0.1, 0.15) is 19.4 Å². The van der Waals surface area contributed by atoms with Gasteiger partial charge in [0.1, 0.15) is 22.9 Å². The topological polar surface area (TPSA) is 108 Å². The minimum atomic E-state index is -1.61. The number of nitrogens with zero attached hydrogens (tertiary/aromatic N) is 2. The van der Waals surface area contributed by atoms with Gasteiger partial charge in [-0.3, -0.25) is 4.79 Å². The van der Waals surface area contributed by atoms with Crippen molar-refractivity contribution in [2.75, 3.05) is 11.9 Å². The molecule has 4 rings (SSSR count). The van der Waals surface area contributed by atoms with Crippen molar-refractivity contribution >= 4 is 33.5 Å². The molecule has 8 heteroatoms. The lowest BCUT2D eigenvalue weighted by molar-refractivity contribution is -0.145. The highest BCUT2D eigenvalue weighted by Crippen LogP contribution is 2.56. The minimum Gasteiger partial charge on any atom is -0.450 e. The molecule has 1 aromatic rings. The van der Waals surface area contributed by atoms with Crippen LogP contribution in [0.15, 0.2) is 45.3 Å². The molecule has 1 unspecified atom stereocenters. The highest BCUT2D eigenvalue weighted by atomic mass is 79.9. The number of nitrogens with two attached hydrogens (primary N) is 1. The molecule has 26 heavy (non-hydrogen) atoms. The molecule has 1 amide bonds. The van der Waals surface area contributed by atoms with Gasteiger partial charge in [0, 0.05) is 22.8 Å². The van der Waals surface area contributed by atoms with Gasteiger partial charge in [0.15, 0.2) is 0 Å². The first kappa shape index (κ1) is 16.7. The molecule has 3 aliphatic heterocycles. The van der Waals surface area contributed by atoms with Crippen LogP contribution >= 0.6 is 15.9 Å². The molecule has 1 spiro atoms. The molecule has 132 valence electrons. The van der Waals surface area contributed by atoms with E-state index in [4.69, 9.17) is 10.5 Å². The highest BCUT2D eigenvalue weighted by Gasteiger charge is 2.64. The van der Waals surface area contributed by atoms with Crippen molar-refractivity contribution in [3.05, 3.63) is 50.9 Å². The second-order valence-corrected chi connectivity index (χ2v) is 7.87. The summed E-state index contributed by atoms with van der Waals surface area (Å²) in [5.41, 5.74) is 5.21. The first-order valence-corrected chi connectivity index (χ1v) is 8.69. The van der Waals surface area contributed by atoms with Crippen LogP contribution in [-0.2, 0) is 19.7 Å². The first-order valence-electron chi connectivity index (χ1n) is 7.90. The quantitative estimate of drug-likeness (QED) is 0.623. The molecule has 1 aromatic carbocycles. The Morgan fingerprint density at radius 1 is 1.35 bits per heavy atom. The molecule has 0 radical (unpaired) electrons. The van der Waals surface area contributed by atoms with Gasteiger partial charge in [0.2, 0.25) is 5.91 Å². The van der Waals surface area contributed by atoms with E-state index in [9.17, 15) is 14.9 Å². The molecule has 3 aliphatic rings. The Labute approximate surface area is 158 Å². The number of dihydropyridines is 1. The number of hydrogen-bond acceptors (Lipinski definition) is 6. The number of rotatable bonds is 0. The van der Waals surface area contributed by atoms with E-state index in [1.807, 2.05) is 6.07 Å². The van der Waals surface area contributed by atoms with Crippen LogP contribution in [0.25, 0.3) is 0 Å². The first-order chi connectivity index (χ1) is 12.2. The van der Waals surface area contributed by atoms with Crippen molar-refractivity contribution < 1.29 is 14.3 Å². The molecule has 0 bridgehead atoms. The summed E-state index contributed by atoms with van der Waals surface area (Å²) < 4.78 is 6.23. The maximum atomic E-state index is 13.5. The van der Waals surface area contributed by atoms with E-state index >= 15 is 0 Å². The number of likely N-dealkylation sites (N-methyl/N-ethyl adjacent to an activating group) is 1. The summed E-state index contributed by atoms with van der Waals surface area (Å²) in [5, 5.41) is 12.8. The maximum absolute atomic E-state index is 13.5. The number of nitriles is 1. The van der Waals surface area contributed by atoms with Crippen LogP contribution in [0, 0.1) is 11.3 Å². The van der Waals surface area contributed by atoms with Crippen LogP contribution in [0.4, 0.5) is 5.69 Å². The molecule has 0 aliphatic carbocycles. The van der Waals surface area contributed by atoms with Gasteiger partial charge in [-0.1, -0.05) is 15.9 Å². The molecule has 3 N–H and O–H groups in total. The number of carbonyl (C=O) groups is 2. The van der Waals surface area contributed by atoms with E-state index in [1.54, 1.807) is 39.1 Å². The molecule has 0 saturated heterocycles. The van der Waals surface area contributed by atoms with E-state index in [0.29, 0.717) is 16.9 Å². The second kappa shape index (κ2) is 4.89. The third-order valence-corrected chi connectivity index (χ3v) is 5.64. The number of nitrogens with one attached hydrogen (secondary N) is 1. The van der Waals surface area contributed by atoms with Gasteiger partial charge in [0.05, 0.1) is 16.8 Å². The number of ether oxygens (including phenoxy) is 1. The fourth-order valence-electron chi connectivity index (χ4n) is 4.02. The lowest BCUT2D eigenvalue weighted by Crippen LogP contribution is -2.49. The van der Waals surface area contributed by atoms with E-state index in [1.165, 1.54) is 4.90 Å². The molecular formula is C18H15BrN4O3. The number of esters is 1. The Morgan fingerprint density at radius 2 is 2.04 bits per heavy atom. The Balaban J connectivity index is 2.18. The molecule has 7 nitrogen and oxygen atoms in total. The van der Waals surface area contributed by atoms with Crippen LogP contribution in [0.2, 0.25) is 0 Å². The summed E-state index contributed by atoms with van der Waals surface area (Å²) in [6, 6.07) is 7.36. The summed E-state index contributed by atoms with van der Waals surface area (Å²) in [4.78, 5) is 27.7. The fourth-order valence-corrected chi connectivity index (χ4v) is 4.38. The number of carbonyl (C=O) groups excluding carboxylic acids is 2. The summed E-state index contributed by atoms with van der Waals surface area (Å²) in [7, 11) is 1.61. The summed E-state index contributed by atoms with van der Waals surface area (Å²) >= 11 is 3.41. The zero-order chi connectivity index (χ0) is 19.0. The molecular weight excluding hydrogens is 400 g/mol. The number of hydrogen-bond donors (Lipinski definition) is 2. The fraction of sp³-hybridized carbons (Fsp3) is 0.278. The second-order valence-electron chi connectivity index (χ2n) is 6.95. The number of fused-ring (bicyclic) bond motifs is 3. The SMILES string of the molecule is CN1C(=O)C2(C(C#N)=C(N)NC3=C2C(=O)OC3(C)C)c2cc(Br)ccc21. The maximum Gasteiger partial charge on any atom is 0.338 e. The molecule has 3 heterocycles. The third kappa shape index (κ3) is 1.71. The average molecular weight is 415 g/mol. The average Bonchev–Trinajstić information content (AvgIpc) is 2.91. The van der Waals surface area contributed by atoms with Crippen molar-refractivity contribution in [2.45, 2.75) is 24.9 Å². The van der Waals surface area contributed by atoms with Gasteiger partial charge in [0.25, 0.3) is 0 Å². The molecule has 0 saturated carbocycles. The summed E-state index contributed by atoms with van der Waals surface area (Å²) in [5.74, 6) is -0.992. The monoisotopic (exact) mass is 414 g/mol. The number of benzene rings is 1. The number of halogens is 1. The standard InChI is InChI=1S/C18H15BrN4O3/c1-17(2)13-12(15(24)26-17)18(10(7-20)14(21)22-13)9-6-8(19)4-5-11(9)23(3)16(18)25/h4-6,22H,21H2,1-3H3. The number of anilines is 1. The zero-order valence-corrected chi connectivity index (χ0v) is 15.9. The van der Waals surface area contributed by atoms with Crippen LogP contribution in [0.3, 0.4) is 0 Å². The van der Waals surface area contributed by atoms with Gasteiger partial charge < -0.3 is 20.7 Å². The molecule has 0 aromatic heterocycles. The van der Waals surface area contributed by atoms with Crippen molar-refractivity contribution in [1.29, 1.82) is 5.26 Å². The summed E-state index contributed by atoms with van der Waals surface area (Å²) in [6.45, 7) is 3.42. The van der Waals surface area contributed by atoms with E-state index in [-0.39, 0.29) is 17.0 Å². The Hall–Kier alpha value is -2.79. The van der Waals surface area contributed by atoms with Gasteiger partial charge >= 0.3 is 5.97 Å². The Kier molecular flexibility index (Phi) is 3.13. The van der Waals surface area contributed by atoms with Crippen molar-refractivity contribution in [1.82, 2.24) is 5.32 Å². The van der Waals surface area contributed by atoms with Crippen LogP contribution in [0.5, 0.6) is 0 Å². The third-order valence-electron chi connectivity index (χ3n) is 5.14. The van der Waals surface area contributed by atoms with Gasteiger partial charge in [-0.25, -0.2) is 4.79 Å². The predicted molar refractivity (Wildman–Crippen MR) is 96.4 cm³/mol. The molecule has 0 fully saturated rings. The smallest absolute Gasteiger partial charge is 0.338 e. The van der Waals surface area contributed by atoms with Crippen molar-refractivity contribution in [3.8, 4) is 6.07 Å². The summed E-state index contributed by atoms with van der Waals surface area (Å²) in [6.07, 6.45) is 0. The predicted octanol–water partition coefficient (Wildman–Crippen LogP) is 1.55. The van der Waals surface area contributed by atoms with Crippen LogP contribution < -0.4 is 16.0 Å². The number of amides is 1. The van der Waals surface area contributed by atoms with Gasteiger partial charge in [-0.2, -0.15) is 5.26 Å². The van der Waals surface area contributed by atoms with E-state index in [0.717, 1.165) is 4.47 Å². The lowest BCUT2D eigenvalue weighted by Gasteiger charge is -2.34. The van der Waals surface area contributed by atoms with Gasteiger partial charge in [-0.05, 0) is 32.0 Å². The molecule has 1 atom stereocenters.